The van der Waals surface area contributed by atoms with E-state index in [1.54, 1.807) is 6.20 Å². The minimum atomic E-state index is -0.383. The lowest BCUT2D eigenvalue weighted by atomic mass is 9.99. The number of aromatic nitrogens is 1. The van der Waals surface area contributed by atoms with Gasteiger partial charge in [-0.1, -0.05) is 60.7 Å². The van der Waals surface area contributed by atoms with Gasteiger partial charge in [0.1, 0.15) is 0 Å². The second-order valence-corrected chi connectivity index (χ2v) is 4.84. The quantitative estimate of drug-likeness (QED) is 0.678. The molecule has 0 N–H and O–H groups in total. The molecule has 3 nitrogen and oxygen atoms in total. The zero-order chi connectivity index (χ0) is 15.4. The fraction of sp³-hybridized carbons (Fsp3) is 0.0526. The number of methoxy groups -OCH3 is 1. The highest BCUT2D eigenvalue weighted by atomic mass is 16.5. The lowest BCUT2D eigenvalue weighted by Gasteiger charge is -2.10. The van der Waals surface area contributed by atoms with Crippen molar-refractivity contribution >= 4 is 5.97 Å². The van der Waals surface area contributed by atoms with Crippen LogP contribution in [-0.4, -0.2) is 18.1 Å². The van der Waals surface area contributed by atoms with E-state index in [1.807, 2.05) is 66.7 Å². The van der Waals surface area contributed by atoms with Crippen LogP contribution in [0.15, 0.2) is 72.9 Å². The first-order valence-corrected chi connectivity index (χ1v) is 6.99. The summed E-state index contributed by atoms with van der Waals surface area (Å²) in [6.07, 6.45) is 1.58. The predicted molar refractivity (Wildman–Crippen MR) is 86.4 cm³/mol. The molecule has 0 fully saturated rings. The summed E-state index contributed by atoms with van der Waals surface area (Å²) >= 11 is 0. The largest absolute Gasteiger partial charge is 0.465 e. The van der Waals surface area contributed by atoms with Gasteiger partial charge in [-0.05, 0) is 17.2 Å². The number of rotatable bonds is 3. The molecule has 0 saturated heterocycles. The van der Waals surface area contributed by atoms with E-state index in [4.69, 9.17) is 4.74 Å². The molecule has 1 heterocycles. The average molecular weight is 289 g/mol. The maximum Gasteiger partial charge on any atom is 0.340 e. The number of carbonyl (C=O) groups excluding carboxylic acids is 1. The molecule has 0 saturated carbocycles. The van der Waals surface area contributed by atoms with E-state index in [0.717, 1.165) is 22.4 Å². The highest BCUT2D eigenvalue weighted by molar-refractivity contribution is 5.97. The molecule has 0 bridgehead atoms. The van der Waals surface area contributed by atoms with Crippen molar-refractivity contribution in [2.24, 2.45) is 0 Å². The summed E-state index contributed by atoms with van der Waals surface area (Å²) in [7, 11) is 1.38. The topological polar surface area (TPSA) is 39.2 Å². The summed E-state index contributed by atoms with van der Waals surface area (Å²) in [5.74, 6) is -0.383. The molecule has 108 valence electrons. The minimum absolute atomic E-state index is 0.383. The molecule has 3 rings (SSSR count). The van der Waals surface area contributed by atoms with Crippen LogP contribution >= 0.6 is 0 Å². The Morgan fingerprint density at radius 3 is 2.09 bits per heavy atom. The van der Waals surface area contributed by atoms with Crippen molar-refractivity contribution in [2.45, 2.75) is 0 Å². The fourth-order valence-electron chi connectivity index (χ4n) is 2.35. The maximum atomic E-state index is 12.0. The zero-order valence-electron chi connectivity index (χ0n) is 12.2. The fourth-order valence-corrected chi connectivity index (χ4v) is 2.35. The van der Waals surface area contributed by atoms with Crippen LogP contribution in [-0.2, 0) is 4.74 Å². The first kappa shape index (κ1) is 14.0. The number of esters is 1. The molecule has 0 radical (unpaired) electrons. The van der Waals surface area contributed by atoms with Gasteiger partial charge in [0.2, 0.25) is 0 Å². The molecule has 0 unspecified atom stereocenters. The molecule has 2 aromatic carbocycles. The standard InChI is InChI=1S/C19H15NO2/c1-22-19(21)17-13-20-18(15-10-6-3-7-11-15)12-16(17)14-8-4-2-5-9-14/h2-13H,1H3. The van der Waals surface area contributed by atoms with Gasteiger partial charge < -0.3 is 4.74 Å². The van der Waals surface area contributed by atoms with Crippen molar-refractivity contribution in [3.8, 4) is 22.4 Å². The summed E-state index contributed by atoms with van der Waals surface area (Å²) in [5, 5.41) is 0. The van der Waals surface area contributed by atoms with Crippen LogP contribution in [0, 0.1) is 0 Å². The van der Waals surface area contributed by atoms with Crippen LogP contribution in [0.3, 0.4) is 0 Å². The van der Waals surface area contributed by atoms with Crippen LogP contribution in [0.4, 0.5) is 0 Å². The summed E-state index contributed by atoms with van der Waals surface area (Å²) in [5.41, 5.74) is 4.08. The third-order valence-corrected chi connectivity index (χ3v) is 3.46. The van der Waals surface area contributed by atoms with Crippen molar-refractivity contribution < 1.29 is 9.53 Å². The molecule has 0 aliphatic heterocycles. The Morgan fingerprint density at radius 2 is 1.50 bits per heavy atom. The normalized spacial score (nSPS) is 10.2. The van der Waals surface area contributed by atoms with Gasteiger partial charge >= 0.3 is 5.97 Å². The number of nitrogens with zero attached hydrogens (tertiary/aromatic N) is 1. The Labute approximate surface area is 129 Å². The molecular formula is C19H15NO2. The number of hydrogen-bond donors (Lipinski definition) is 0. The van der Waals surface area contributed by atoms with Crippen molar-refractivity contribution in [3.63, 3.8) is 0 Å². The first-order valence-electron chi connectivity index (χ1n) is 6.99. The molecule has 0 amide bonds. The van der Waals surface area contributed by atoms with Crippen LogP contribution in [0.1, 0.15) is 10.4 Å². The van der Waals surface area contributed by atoms with E-state index in [9.17, 15) is 4.79 Å². The number of carbonyl (C=O) groups is 1. The molecule has 3 heteroatoms. The lowest BCUT2D eigenvalue weighted by Crippen LogP contribution is -2.05. The molecule has 22 heavy (non-hydrogen) atoms. The summed E-state index contributed by atoms with van der Waals surface area (Å²) in [4.78, 5) is 16.4. The van der Waals surface area contributed by atoms with Crippen LogP contribution < -0.4 is 0 Å². The maximum absolute atomic E-state index is 12.0. The Morgan fingerprint density at radius 1 is 0.909 bits per heavy atom. The molecular weight excluding hydrogens is 274 g/mol. The van der Waals surface area contributed by atoms with Crippen LogP contribution in [0.5, 0.6) is 0 Å². The van der Waals surface area contributed by atoms with Gasteiger partial charge in [-0.25, -0.2) is 4.79 Å². The minimum Gasteiger partial charge on any atom is -0.465 e. The summed E-state index contributed by atoms with van der Waals surface area (Å²) in [6, 6.07) is 21.6. The Balaban J connectivity index is 2.17. The monoisotopic (exact) mass is 289 g/mol. The molecule has 0 spiro atoms. The van der Waals surface area contributed by atoms with Crippen LogP contribution in [0.2, 0.25) is 0 Å². The van der Waals surface area contributed by atoms with E-state index < -0.39 is 0 Å². The van der Waals surface area contributed by atoms with E-state index in [1.165, 1.54) is 7.11 Å². The van der Waals surface area contributed by atoms with Crippen LogP contribution in [0.25, 0.3) is 22.4 Å². The van der Waals surface area contributed by atoms with Gasteiger partial charge in [0, 0.05) is 11.8 Å². The Kier molecular flexibility index (Phi) is 3.97. The Bertz CT molecular complexity index is 783. The predicted octanol–water partition coefficient (Wildman–Crippen LogP) is 4.20. The van der Waals surface area contributed by atoms with Gasteiger partial charge in [-0.2, -0.15) is 0 Å². The van der Waals surface area contributed by atoms with Gasteiger partial charge in [0.25, 0.3) is 0 Å². The van der Waals surface area contributed by atoms with E-state index >= 15 is 0 Å². The third kappa shape index (κ3) is 2.74. The Hall–Kier alpha value is -2.94. The third-order valence-electron chi connectivity index (χ3n) is 3.46. The second kappa shape index (κ2) is 6.22. The lowest BCUT2D eigenvalue weighted by molar-refractivity contribution is 0.0601. The van der Waals surface area contributed by atoms with E-state index in [-0.39, 0.29) is 5.97 Å². The van der Waals surface area contributed by atoms with Gasteiger partial charge in [0.05, 0.1) is 18.4 Å². The summed E-state index contributed by atoms with van der Waals surface area (Å²) in [6.45, 7) is 0. The number of ether oxygens (including phenoxy) is 1. The second-order valence-electron chi connectivity index (χ2n) is 4.84. The molecule has 0 aliphatic carbocycles. The summed E-state index contributed by atoms with van der Waals surface area (Å²) < 4.78 is 4.87. The SMILES string of the molecule is COC(=O)c1cnc(-c2ccccc2)cc1-c1ccccc1. The molecule has 0 aliphatic rings. The molecule has 1 aromatic heterocycles. The number of benzene rings is 2. The zero-order valence-corrected chi connectivity index (χ0v) is 12.2. The number of hydrogen-bond acceptors (Lipinski definition) is 3. The highest BCUT2D eigenvalue weighted by Crippen LogP contribution is 2.28. The van der Waals surface area contributed by atoms with Gasteiger partial charge in [-0.3, -0.25) is 4.98 Å². The van der Waals surface area contributed by atoms with Crippen molar-refractivity contribution in [1.82, 2.24) is 4.98 Å². The van der Waals surface area contributed by atoms with Gasteiger partial charge in [-0.15, -0.1) is 0 Å². The van der Waals surface area contributed by atoms with Crippen molar-refractivity contribution in [2.75, 3.05) is 7.11 Å². The molecule has 3 aromatic rings. The van der Waals surface area contributed by atoms with E-state index in [2.05, 4.69) is 4.98 Å². The van der Waals surface area contributed by atoms with E-state index in [0.29, 0.717) is 5.56 Å². The highest BCUT2D eigenvalue weighted by Gasteiger charge is 2.15. The smallest absolute Gasteiger partial charge is 0.340 e. The van der Waals surface area contributed by atoms with Crippen molar-refractivity contribution in [1.29, 1.82) is 0 Å². The first-order chi connectivity index (χ1) is 10.8. The molecule has 0 atom stereocenters. The van der Waals surface area contributed by atoms with Crippen molar-refractivity contribution in [3.05, 3.63) is 78.5 Å². The average Bonchev–Trinajstić information content (AvgIpc) is 2.62. The number of pyridine rings is 1. The van der Waals surface area contributed by atoms with Gasteiger partial charge in [0.15, 0.2) is 0 Å².